The minimum absolute atomic E-state index is 0.134. The number of ketones is 1. The summed E-state index contributed by atoms with van der Waals surface area (Å²) >= 11 is 0. The molecule has 0 aliphatic heterocycles. The molecule has 1 unspecified atom stereocenters. The third kappa shape index (κ3) is 3.19. The van der Waals surface area contributed by atoms with Gasteiger partial charge < -0.3 is 0 Å². The molecule has 0 saturated heterocycles. The van der Waals surface area contributed by atoms with Crippen molar-refractivity contribution in [2.45, 2.75) is 53.0 Å². The Morgan fingerprint density at radius 2 is 1.91 bits per heavy atom. The summed E-state index contributed by atoms with van der Waals surface area (Å²) in [7, 11) is 0. The van der Waals surface area contributed by atoms with Crippen molar-refractivity contribution < 1.29 is 4.79 Å². The summed E-state index contributed by atoms with van der Waals surface area (Å²) < 4.78 is 1.89. The molecule has 0 bridgehead atoms. The summed E-state index contributed by atoms with van der Waals surface area (Å²) in [4.78, 5) is 12.5. The SMILES string of the molecule is CCC(=O)c1c(CC)c(-c2ccc(C#N)cc2)nn1C(C)CC. The molecule has 2 aromatic rings. The first-order valence-electron chi connectivity index (χ1n) is 8.22. The van der Waals surface area contributed by atoms with Gasteiger partial charge in [0.2, 0.25) is 0 Å². The minimum atomic E-state index is 0.134. The number of benzene rings is 1. The first kappa shape index (κ1) is 17.0. The van der Waals surface area contributed by atoms with Crippen LogP contribution >= 0.6 is 0 Å². The van der Waals surface area contributed by atoms with Gasteiger partial charge in [0, 0.05) is 23.6 Å². The van der Waals surface area contributed by atoms with E-state index in [4.69, 9.17) is 10.4 Å². The third-order valence-corrected chi connectivity index (χ3v) is 4.24. The lowest BCUT2D eigenvalue weighted by molar-refractivity contribution is 0.0974. The second-order valence-electron chi connectivity index (χ2n) is 5.70. The van der Waals surface area contributed by atoms with Crippen LogP contribution in [0.1, 0.15) is 68.2 Å². The molecule has 4 heteroatoms. The maximum Gasteiger partial charge on any atom is 0.180 e. The van der Waals surface area contributed by atoms with Crippen LogP contribution in [-0.4, -0.2) is 15.6 Å². The second kappa shape index (κ2) is 7.23. The fraction of sp³-hybridized carbons (Fsp3) is 0.421. The van der Waals surface area contributed by atoms with Crippen molar-refractivity contribution in [2.75, 3.05) is 0 Å². The summed E-state index contributed by atoms with van der Waals surface area (Å²) in [5.74, 6) is 0.134. The fourth-order valence-electron chi connectivity index (χ4n) is 2.69. The molecular weight excluding hydrogens is 286 g/mol. The number of carbonyl (C=O) groups excluding carboxylic acids is 1. The van der Waals surface area contributed by atoms with E-state index in [2.05, 4.69) is 26.8 Å². The molecule has 120 valence electrons. The molecule has 0 radical (unpaired) electrons. The lowest BCUT2D eigenvalue weighted by atomic mass is 10.0. The largest absolute Gasteiger partial charge is 0.292 e. The maximum atomic E-state index is 12.5. The first-order chi connectivity index (χ1) is 11.1. The van der Waals surface area contributed by atoms with E-state index in [-0.39, 0.29) is 11.8 Å². The highest BCUT2D eigenvalue weighted by Gasteiger charge is 2.24. The summed E-state index contributed by atoms with van der Waals surface area (Å²) in [6, 6.07) is 9.69. The molecule has 0 spiro atoms. The Morgan fingerprint density at radius 3 is 2.39 bits per heavy atom. The van der Waals surface area contributed by atoms with Gasteiger partial charge in [-0.15, -0.1) is 0 Å². The van der Waals surface area contributed by atoms with Gasteiger partial charge in [0.1, 0.15) is 5.69 Å². The lowest BCUT2D eigenvalue weighted by Gasteiger charge is -2.13. The maximum absolute atomic E-state index is 12.5. The number of rotatable bonds is 6. The predicted molar refractivity (Wildman–Crippen MR) is 91.4 cm³/mol. The van der Waals surface area contributed by atoms with E-state index in [1.165, 1.54) is 0 Å². The Hall–Kier alpha value is -2.41. The van der Waals surface area contributed by atoms with E-state index in [9.17, 15) is 4.79 Å². The van der Waals surface area contributed by atoms with E-state index < -0.39 is 0 Å². The van der Waals surface area contributed by atoms with Crippen LogP contribution in [0.4, 0.5) is 0 Å². The van der Waals surface area contributed by atoms with E-state index in [1.807, 2.05) is 23.7 Å². The van der Waals surface area contributed by atoms with Crippen molar-refractivity contribution in [3.63, 3.8) is 0 Å². The topological polar surface area (TPSA) is 58.7 Å². The Balaban J connectivity index is 2.65. The van der Waals surface area contributed by atoms with Crippen molar-refractivity contribution in [1.29, 1.82) is 5.26 Å². The van der Waals surface area contributed by atoms with E-state index in [1.54, 1.807) is 12.1 Å². The summed E-state index contributed by atoms with van der Waals surface area (Å²) in [5, 5.41) is 13.7. The molecule has 0 aliphatic carbocycles. The molecule has 2 rings (SSSR count). The lowest BCUT2D eigenvalue weighted by Crippen LogP contribution is -2.14. The van der Waals surface area contributed by atoms with E-state index in [0.29, 0.717) is 12.0 Å². The standard InChI is InChI=1S/C19H23N3O/c1-5-13(4)22-19(17(23)7-3)16(6-2)18(21-22)15-10-8-14(12-20)9-11-15/h8-11,13H,5-7H2,1-4H3. The quantitative estimate of drug-likeness (QED) is 0.736. The second-order valence-corrected chi connectivity index (χ2v) is 5.70. The number of nitriles is 1. The predicted octanol–water partition coefficient (Wildman–Crippen LogP) is 4.55. The number of carbonyl (C=O) groups is 1. The van der Waals surface area contributed by atoms with Crippen molar-refractivity contribution in [3.8, 4) is 17.3 Å². The van der Waals surface area contributed by atoms with Crippen LogP contribution in [0.3, 0.4) is 0 Å². The Morgan fingerprint density at radius 1 is 1.26 bits per heavy atom. The van der Waals surface area contributed by atoms with Gasteiger partial charge in [-0.05, 0) is 31.9 Å². The van der Waals surface area contributed by atoms with Gasteiger partial charge in [0.25, 0.3) is 0 Å². The van der Waals surface area contributed by atoms with Gasteiger partial charge in [-0.3, -0.25) is 9.48 Å². The fourth-order valence-corrected chi connectivity index (χ4v) is 2.69. The van der Waals surface area contributed by atoms with Crippen LogP contribution in [-0.2, 0) is 6.42 Å². The summed E-state index contributed by atoms with van der Waals surface area (Å²) in [6.07, 6.45) is 2.15. The van der Waals surface area contributed by atoms with E-state index >= 15 is 0 Å². The van der Waals surface area contributed by atoms with Crippen molar-refractivity contribution in [2.24, 2.45) is 0 Å². The van der Waals surface area contributed by atoms with Crippen LogP contribution < -0.4 is 0 Å². The Bertz CT molecular complexity index is 735. The molecule has 23 heavy (non-hydrogen) atoms. The highest BCUT2D eigenvalue weighted by molar-refractivity contribution is 5.97. The molecular formula is C19H23N3O. The average Bonchev–Trinajstić information content (AvgIpc) is 2.99. The van der Waals surface area contributed by atoms with Crippen molar-refractivity contribution >= 4 is 5.78 Å². The van der Waals surface area contributed by atoms with E-state index in [0.717, 1.165) is 35.4 Å². The van der Waals surface area contributed by atoms with Gasteiger partial charge in [-0.1, -0.05) is 32.9 Å². The van der Waals surface area contributed by atoms with Gasteiger partial charge in [0.15, 0.2) is 5.78 Å². The van der Waals surface area contributed by atoms with Crippen LogP contribution in [0.15, 0.2) is 24.3 Å². The molecule has 0 fully saturated rings. The first-order valence-corrected chi connectivity index (χ1v) is 8.22. The smallest absolute Gasteiger partial charge is 0.180 e. The van der Waals surface area contributed by atoms with Gasteiger partial charge >= 0.3 is 0 Å². The molecule has 1 atom stereocenters. The van der Waals surface area contributed by atoms with Gasteiger partial charge in [-0.25, -0.2) is 0 Å². The number of Topliss-reactive ketones (excluding diaryl/α,β-unsaturated/α-hetero) is 1. The van der Waals surface area contributed by atoms with Crippen LogP contribution in [0.25, 0.3) is 11.3 Å². The molecule has 1 heterocycles. The van der Waals surface area contributed by atoms with Crippen LogP contribution in [0.2, 0.25) is 0 Å². The zero-order valence-electron chi connectivity index (χ0n) is 14.3. The molecule has 0 amide bonds. The molecule has 1 aromatic carbocycles. The molecule has 0 N–H and O–H groups in total. The zero-order valence-corrected chi connectivity index (χ0v) is 14.3. The molecule has 1 aromatic heterocycles. The summed E-state index contributed by atoms with van der Waals surface area (Å²) in [6.45, 7) is 8.12. The molecule has 0 aliphatic rings. The van der Waals surface area contributed by atoms with Crippen LogP contribution in [0.5, 0.6) is 0 Å². The highest BCUT2D eigenvalue weighted by atomic mass is 16.1. The zero-order chi connectivity index (χ0) is 17.0. The van der Waals surface area contributed by atoms with Crippen molar-refractivity contribution in [3.05, 3.63) is 41.1 Å². The Kier molecular flexibility index (Phi) is 5.33. The van der Waals surface area contributed by atoms with Crippen LogP contribution in [0, 0.1) is 11.3 Å². The third-order valence-electron chi connectivity index (χ3n) is 4.24. The van der Waals surface area contributed by atoms with Crippen molar-refractivity contribution in [1.82, 2.24) is 9.78 Å². The monoisotopic (exact) mass is 309 g/mol. The van der Waals surface area contributed by atoms with Gasteiger partial charge in [-0.2, -0.15) is 10.4 Å². The molecule has 4 nitrogen and oxygen atoms in total. The number of hydrogen-bond donors (Lipinski definition) is 0. The number of hydrogen-bond acceptors (Lipinski definition) is 3. The molecule has 0 saturated carbocycles. The normalized spacial score (nSPS) is 12.0. The number of aromatic nitrogens is 2. The average molecular weight is 309 g/mol. The number of nitrogens with zero attached hydrogens (tertiary/aromatic N) is 3. The Labute approximate surface area is 137 Å². The minimum Gasteiger partial charge on any atom is -0.292 e. The highest BCUT2D eigenvalue weighted by Crippen LogP contribution is 2.29. The summed E-state index contributed by atoms with van der Waals surface area (Å²) in [5.41, 5.74) is 4.17. The van der Waals surface area contributed by atoms with Gasteiger partial charge in [0.05, 0.1) is 17.3 Å².